The van der Waals surface area contributed by atoms with Gasteiger partial charge in [-0.25, -0.2) is 0 Å². The van der Waals surface area contributed by atoms with Gasteiger partial charge >= 0.3 is 0 Å². The number of aryl methyl sites for hydroxylation is 1. The number of fused-ring (bicyclic) bond motifs is 2. The highest BCUT2D eigenvalue weighted by molar-refractivity contribution is 6.15. The molecule has 0 amide bonds. The zero-order chi connectivity index (χ0) is 20.5. The van der Waals surface area contributed by atoms with E-state index in [0.29, 0.717) is 23.4 Å². The van der Waals surface area contributed by atoms with E-state index in [9.17, 15) is 9.90 Å². The van der Waals surface area contributed by atoms with Gasteiger partial charge in [0.05, 0.1) is 18.7 Å². The van der Waals surface area contributed by atoms with Crippen LogP contribution in [0.1, 0.15) is 42.3 Å². The molecular formula is C24H26N2O3. The number of nitrogens with zero attached hydrogens (tertiary/aromatic N) is 1. The predicted molar refractivity (Wildman–Crippen MR) is 112 cm³/mol. The molecule has 1 aliphatic heterocycles. The zero-order valence-corrected chi connectivity index (χ0v) is 17.1. The van der Waals surface area contributed by atoms with Crippen molar-refractivity contribution in [3.05, 3.63) is 65.0 Å². The van der Waals surface area contributed by atoms with Crippen molar-refractivity contribution in [2.45, 2.75) is 33.9 Å². The molecule has 0 bridgehead atoms. The van der Waals surface area contributed by atoms with E-state index >= 15 is 0 Å². The lowest BCUT2D eigenvalue weighted by Crippen LogP contribution is -3.10. The molecule has 150 valence electrons. The smallest absolute Gasteiger partial charge is 0.231 e. The Morgan fingerprint density at radius 1 is 1.10 bits per heavy atom. The number of para-hydroxylation sites is 1. The van der Waals surface area contributed by atoms with Gasteiger partial charge in [0.1, 0.15) is 12.3 Å². The number of rotatable bonds is 6. The van der Waals surface area contributed by atoms with Crippen LogP contribution in [-0.4, -0.2) is 23.4 Å². The van der Waals surface area contributed by atoms with Crippen molar-refractivity contribution in [2.24, 2.45) is 0 Å². The minimum Gasteiger partial charge on any atom is -0.872 e. The third-order valence-electron chi connectivity index (χ3n) is 5.77. The number of hydrogen-bond acceptors (Lipinski definition) is 3. The number of carbonyl (C=O) groups is 1. The lowest BCUT2D eigenvalue weighted by Gasteiger charge is -2.21. The molecule has 0 saturated carbocycles. The zero-order valence-electron chi connectivity index (χ0n) is 17.1. The summed E-state index contributed by atoms with van der Waals surface area (Å²) in [5.74, 6) is 0.483. The Morgan fingerprint density at radius 3 is 2.59 bits per heavy atom. The van der Waals surface area contributed by atoms with Crippen LogP contribution < -0.4 is 14.7 Å². The van der Waals surface area contributed by atoms with Crippen LogP contribution in [0.3, 0.4) is 0 Å². The van der Waals surface area contributed by atoms with Crippen LogP contribution >= 0.6 is 0 Å². The first-order valence-corrected chi connectivity index (χ1v) is 10.3. The summed E-state index contributed by atoms with van der Waals surface area (Å²) >= 11 is 0. The quantitative estimate of drug-likeness (QED) is 0.659. The molecule has 0 atom stereocenters. The lowest BCUT2D eigenvalue weighted by molar-refractivity contribution is -0.910. The molecule has 1 N–H and O–H groups in total. The first kappa shape index (κ1) is 19.3. The van der Waals surface area contributed by atoms with Gasteiger partial charge in [0, 0.05) is 34.8 Å². The molecule has 0 fully saturated rings. The summed E-state index contributed by atoms with van der Waals surface area (Å²) in [4.78, 5) is 14.3. The van der Waals surface area contributed by atoms with Gasteiger partial charge in [-0.15, -0.1) is 0 Å². The molecule has 0 saturated heterocycles. The summed E-state index contributed by atoms with van der Waals surface area (Å²) in [6.45, 7) is 9.49. The molecule has 29 heavy (non-hydrogen) atoms. The van der Waals surface area contributed by atoms with Crippen molar-refractivity contribution >= 4 is 22.8 Å². The minimum absolute atomic E-state index is 0.0696. The summed E-state index contributed by atoms with van der Waals surface area (Å²) in [7, 11) is 0. The summed E-state index contributed by atoms with van der Waals surface area (Å²) in [5, 5.41) is 13.6. The molecule has 0 spiro atoms. The average Bonchev–Trinajstić information content (AvgIpc) is 3.26. The van der Waals surface area contributed by atoms with E-state index in [1.807, 2.05) is 24.4 Å². The topological polar surface area (TPSA) is 58.7 Å². The van der Waals surface area contributed by atoms with Crippen molar-refractivity contribution in [1.29, 1.82) is 0 Å². The van der Waals surface area contributed by atoms with E-state index in [1.165, 1.54) is 11.0 Å². The fourth-order valence-corrected chi connectivity index (χ4v) is 4.00. The van der Waals surface area contributed by atoms with Crippen LogP contribution in [0.4, 0.5) is 0 Å². The number of aromatic nitrogens is 1. The van der Waals surface area contributed by atoms with Gasteiger partial charge in [-0.1, -0.05) is 30.0 Å². The molecule has 1 aliphatic rings. The fourth-order valence-electron chi connectivity index (χ4n) is 4.00. The van der Waals surface area contributed by atoms with E-state index < -0.39 is 0 Å². The first-order chi connectivity index (χ1) is 14.1. The molecule has 2 aromatic carbocycles. The van der Waals surface area contributed by atoms with Gasteiger partial charge in [-0.05, 0) is 39.0 Å². The summed E-state index contributed by atoms with van der Waals surface area (Å²) in [5.41, 5.74) is 3.14. The maximum absolute atomic E-state index is 13.0. The Hall–Kier alpha value is -3.05. The normalized spacial score (nSPS) is 14.8. The Labute approximate surface area is 170 Å². The van der Waals surface area contributed by atoms with Crippen molar-refractivity contribution in [1.82, 2.24) is 4.57 Å². The second-order valence-electron chi connectivity index (χ2n) is 7.38. The number of ketones is 1. The summed E-state index contributed by atoms with van der Waals surface area (Å²) < 4.78 is 8.16. The van der Waals surface area contributed by atoms with Crippen LogP contribution in [0.2, 0.25) is 0 Å². The number of hydrogen-bond donors (Lipinski definition) is 1. The van der Waals surface area contributed by atoms with Gasteiger partial charge < -0.3 is 19.3 Å². The van der Waals surface area contributed by atoms with Crippen molar-refractivity contribution in [3.63, 3.8) is 0 Å². The molecule has 5 heteroatoms. The molecule has 0 unspecified atom stereocenters. The molecule has 3 aromatic rings. The fraction of sp³-hybridized carbons (Fsp3) is 0.292. The molecule has 2 heterocycles. The molecule has 0 aliphatic carbocycles. The number of nitrogens with one attached hydrogen (secondary N) is 1. The number of ether oxygens (including phenoxy) is 1. The van der Waals surface area contributed by atoms with Gasteiger partial charge in [-0.2, -0.15) is 0 Å². The van der Waals surface area contributed by atoms with E-state index in [4.69, 9.17) is 4.74 Å². The maximum Gasteiger partial charge on any atom is 0.231 e. The molecular weight excluding hydrogens is 364 g/mol. The molecule has 0 radical (unpaired) electrons. The monoisotopic (exact) mass is 390 g/mol. The van der Waals surface area contributed by atoms with Gasteiger partial charge in [0.25, 0.3) is 0 Å². The van der Waals surface area contributed by atoms with Crippen LogP contribution in [-0.2, 0) is 13.1 Å². The van der Waals surface area contributed by atoms with Crippen LogP contribution in [0, 0.1) is 0 Å². The second-order valence-corrected chi connectivity index (χ2v) is 7.38. The second kappa shape index (κ2) is 7.76. The molecule has 1 aromatic heterocycles. The molecule has 5 nitrogen and oxygen atoms in total. The largest absolute Gasteiger partial charge is 0.872 e. The average molecular weight is 390 g/mol. The van der Waals surface area contributed by atoms with Crippen LogP contribution in [0.5, 0.6) is 11.5 Å². The number of Topliss-reactive ketones (excluding diaryl/α,β-unsaturated/α-hetero) is 1. The summed E-state index contributed by atoms with van der Waals surface area (Å²) in [6.07, 6.45) is 3.84. The van der Waals surface area contributed by atoms with Gasteiger partial charge in [0.15, 0.2) is 5.76 Å². The Morgan fingerprint density at radius 2 is 1.86 bits per heavy atom. The minimum atomic E-state index is -0.163. The highest BCUT2D eigenvalue weighted by atomic mass is 16.5. The first-order valence-electron chi connectivity index (χ1n) is 10.3. The van der Waals surface area contributed by atoms with E-state index in [2.05, 4.69) is 31.4 Å². The van der Waals surface area contributed by atoms with E-state index in [1.54, 1.807) is 12.1 Å². The van der Waals surface area contributed by atoms with Crippen LogP contribution in [0.25, 0.3) is 17.0 Å². The third kappa shape index (κ3) is 3.32. The van der Waals surface area contributed by atoms with E-state index in [0.717, 1.165) is 36.1 Å². The van der Waals surface area contributed by atoms with Crippen molar-refractivity contribution < 1.29 is 19.5 Å². The Kier molecular flexibility index (Phi) is 5.16. The number of quaternary nitrogens is 1. The number of allylic oxidation sites excluding steroid dienone is 1. The van der Waals surface area contributed by atoms with E-state index in [-0.39, 0.29) is 17.3 Å². The van der Waals surface area contributed by atoms with Gasteiger partial charge in [-0.3, -0.25) is 4.79 Å². The maximum atomic E-state index is 13.0. The molecule has 4 rings (SSSR count). The standard InChI is InChI=1S/C24H26N2O3/c1-4-25(5-2)15-19-21(27)12-11-18-23(28)22(29-24(18)19)13-16-14-26(6-3)20-10-8-7-9-17(16)20/h7-14,27H,4-6,15H2,1-3H3. The number of benzene rings is 2. The number of carbonyl (C=O) groups excluding carboxylic acids is 1. The summed E-state index contributed by atoms with van der Waals surface area (Å²) in [6, 6.07) is 11.2. The highest BCUT2D eigenvalue weighted by Crippen LogP contribution is 2.38. The third-order valence-corrected chi connectivity index (χ3v) is 5.77. The Bertz CT molecular complexity index is 1110. The Balaban J connectivity index is 1.76. The predicted octanol–water partition coefficient (Wildman–Crippen LogP) is 2.78. The lowest BCUT2D eigenvalue weighted by atomic mass is 10.0. The van der Waals surface area contributed by atoms with Gasteiger partial charge in [0.2, 0.25) is 5.78 Å². The van der Waals surface area contributed by atoms with Crippen molar-refractivity contribution in [3.8, 4) is 11.5 Å². The SMILES string of the molecule is CCn1cc(C=C2Oc3c(ccc([O-])c3C[NH+](CC)CC)C2=O)c2ccccc21. The van der Waals surface area contributed by atoms with Crippen molar-refractivity contribution in [2.75, 3.05) is 13.1 Å². The van der Waals surface area contributed by atoms with Crippen LogP contribution in [0.15, 0.2) is 48.4 Å². The highest BCUT2D eigenvalue weighted by Gasteiger charge is 2.31.